The number of anilines is 1. The smallest absolute Gasteiger partial charge is 0.221 e. The van der Waals surface area contributed by atoms with Crippen molar-refractivity contribution in [3.63, 3.8) is 0 Å². The number of thioether (sulfide) groups is 1. The molecule has 5 heteroatoms. The van der Waals surface area contributed by atoms with Crippen LogP contribution in [0.4, 0.5) is 5.69 Å². The number of thiophene rings is 1. The fourth-order valence-electron chi connectivity index (χ4n) is 1.25. The number of carbonyl (C=O) groups excluding carboxylic acids is 1. The maximum absolute atomic E-state index is 11.0. The Balaban J connectivity index is 2.41. The van der Waals surface area contributed by atoms with E-state index < -0.39 is 0 Å². The summed E-state index contributed by atoms with van der Waals surface area (Å²) < 4.78 is 0. The molecule has 2 N–H and O–H groups in total. The molecule has 1 aromatic rings. The molecule has 0 fully saturated rings. The SMILES string of the molecule is CSC(C)CNCc1sccc1NC(C)=O. The first-order chi connectivity index (χ1) is 7.63. The molecule has 0 aliphatic heterocycles. The molecule has 1 rings (SSSR count). The first-order valence-electron chi connectivity index (χ1n) is 5.21. The Morgan fingerprint density at radius 3 is 3.00 bits per heavy atom. The lowest BCUT2D eigenvalue weighted by Crippen LogP contribution is -2.22. The maximum Gasteiger partial charge on any atom is 0.221 e. The van der Waals surface area contributed by atoms with Crippen LogP contribution in [0, 0.1) is 0 Å². The van der Waals surface area contributed by atoms with Crippen molar-refractivity contribution in [3.05, 3.63) is 16.3 Å². The maximum atomic E-state index is 11.0. The third-order valence-corrected chi connectivity index (χ3v) is 4.07. The average Bonchev–Trinajstić information content (AvgIpc) is 2.64. The Bertz CT molecular complexity index is 338. The van der Waals surface area contributed by atoms with Crippen molar-refractivity contribution >= 4 is 34.7 Å². The predicted octanol–water partition coefficient (Wildman–Crippen LogP) is 2.55. The van der Waals surface area contributed by atoms with E-state index in [0.29, 0.717) is 5.25 Å². The summed E-state index contributed by atoms with van der Waals surface area (Å²) in [4.78, 5) is 12.1. The van der Waals surface area contributed by atoms with Gasteiger partial charge in [0.2, 0.25) is 5.91 Å². The zero-order valence-electron chi connectivity index (χ0n) is 9.87. The molecule has 90 valence electrons. The van der Waals surface area contributed by atoms with E-state index in [4.69, 9.17) is 0 Å². The van der Waals surface area contributed by atoms with Crippen molar-refractivity contribution in [2.75, 3.05) is 18.1 Å². The van der Waals surface area contributed by atoms with Crippen LogP contribution in [-0.4, -0.2) is 24.0 Å². The first-order valence-corrected chi connectivity index (χ1v) is 7.37. The lowest BCUT2D eigenvalue weighted by atomic mass is 10.3. The minimum atomic E-state index is -0.0165. The molecule has 0 aliphatic carbocycles. The predicted molar refractivity (Wildman–Crippen MR) is 73.3 cm³/mol. The van der Waals surface area contributed by atoms with Gasteiger partial charge in [0.05, 0.1) is 5.69 Å². The Labute approximate surface area is 105 Å². The van der Waals surface area contributed by atoms with E-state index in [2.05, 4.69) is 23.8 Å². The van der Waals surface area contributed by atoms with Gasteiger partial charge in [0, 0.05) is 30.1 Å². The van der Waals surface area contributed by atoms with Crippen LogP contribution in [0.1, 0.15) is 18.7 Å². The van der Waals surface area contributed by atoms with Gasteiger partial charge in [-0.1, -0.05) is 6.92 Å². The second-order valence-corrected chi connectivity index (χ2v) is 5.89. The Morgan fingerprint density at radius 2 is 2.38 bits per heavy atom. The number of amides is 1. The van der Waals surface area contributed by atoms with Crippen LogP contribution < -0.4 is 10.6 Å². The summed E-state index contributed by atoms with van der Waals surface area (Å²) >= 11 is 3.51. The van der Waals surface area contributed by atoms with E-state index in [-0.39, 0.29) is 5.91 Å². The largest absolute Gasteiger partial charge is 0.325 e. The Morgan fingerprint density at radius 1 is 1.62 bits per heavy atom. The Hall–Kier alpha value is -0.520. The summed E-state index contributed by atoms with van der Waals surface area (Å²) in [5, 5.41) is 8.84. The van der Waals surface area contributed by atoms with Crippen LogP contribution in [-0.2, 0) is 11.3 Å². The average molecular weight is 258 g/mol. The molecule has 1 aromatic heterocycles. The van der Waals surface area contributed by atoms with Gasteiger partial charge in [-0.2, -0.15) is 11.8 Å². The second-order valence-electron chi connectivity index (χ2n) is 3.62. The summed E-state index contributed by atoms with van der Waals surface area (Å²) in [7, 11) is 0. The Kier molecular flexibility index (Phi) is 5.87. The normalized spacial score (nSPS) is 12.4. The van der Waals surface area contributed by atoms with Gasteiger partial charge < -0.3 is 10.6 Å². The molecular formula is C11H18N2OS2. The van der Waals surface area contributed by atoms with Gasteiger partial charge in [-0.15, -0.1) is 11.3 Å². The highest BCUT2D eigenvalue weighted by Gasteiger charge is 2.06. The van der Waals surface area contributed by atoms with Crippen LogP contribution in [0.2, 0.25) is 0 Å². The number of hydrogen-bond donors (Lipinski definition) is 2. The monoisotopic (exact) mass is 258 g/mol. The molecule has 0 aromatic carbocycles. The molecule has 1 atom stereocenters. The van der Waals surface area contributed by atoms with Gasteiger partial charge in [-0.05, 0) is 17.7 Å². The molecule has 1 heterocycles. The lowest BCUT2D eigenvalue weighted by molar-refractivity contribution is -0.114. The third kappa shape index (κ3) is 4.55. The molecule has 0 radical (unpaired) electrons. The minimum absolute atomic E-state index is 0.0165. The van der Waals surface area contributed by atoms with Crippen LogP contribution in [0.5, 0.6) is 0 Å². The summed E-state index contributed by atoms with van der Waals surface area (Å²) in [6, 6.07) is 1.95. The van der Waals surface area contributed by atoms with Crippen LogP contribution in [0.15, 0.2) is 11.4 Å². The molecular weight excluding hydrogens is 240 g/mol. The number of hydrogen-bond acceptors (Lipinski definition) is 4. The highest BCUT2D eigenvalue weighted by Crippen LogP contribution is 2.22. The van der Waals surface area contributed by atoms with Gasteiger partial charge in [0.25, 0.3) is 0 Å². The third-order valence-electron chi connectivity index (χ3n) is 2.18. The standard InChI is InChI=1S/C11H18N2OS2/c1-8(15-3)6-12-7-11-10(4-5-16-11)13-9(2)14/h4-5,8,12H,6-7H2,1-3H3,(H,13,14). The highest BCUT2D eigenvalue weighted by atomic mass is 32.2. The van der Waals surface area contributed by atoms with E-state index in [9.17, 15) is 4.79 Å². The van der Waals surface area contributed by atoms with Crippen LogP contribution in [0.3, 0.4) is 0 Å². The zero-order chi connectivity index (χ0) is 12.0. The van der Waals surface area contributed by atoms with Gasteiger partial charge in [0.1, 0.15) is 0 Å². The van der Waals surface area contributed by atoms with E-state index in [1.54, 1.807) is 11.3 Å². The molecule has 3 nitrogen and oxygen atoms in total. The van der Waals surface area contributed by atoms with Crippen LogP contribution in [0.25, 0.3) is 0 Å². The summed E-state index contributed by atoms with van der Waals surface area (Å²) in [5.74, 6) is -0.0165. The van der Waals surface area contributed by atoms with Crippen molar-refractivity contribution in [2.24, 2.45) is 0 Å². The molecule has 0 aliphatic rings. The van der Waals surface area contributed by atoms with E-state index in [1.165, 1.54) is 11.8 Å². The fourth-order valence-corrected chi connectivity index (χ4v) is 2.34. The highest BCUT2D eigenvalue weighted by molar-refractivity contribution is 7.99. The van der Waals surface area contributed by atoms with Gasteiger partial charge in [0.15, 0.2) is 0 Å². The van der Waals surface area contributed by atoms with Crippen molar-refractivity contribution in [1.29, 1.82) is 0 Å². The summed E-state index contributed by atoms with van der Waals surface area (Å²) in [6.45, 7) is 5.53. The number of rotatable bonds is 6. The quantitative estimate of drug-likeness (QED) is 0.824. The molecule has 1 unspecified atom stereocenters. The molecule has 0 saturated heterocycles. The molecule has 0 bridgehead atoms. The molecule has 0 spiro atoms. The second kappa shape index (κ2) is 6.93. The van der Waals surface area contributed by atoms with Crippen molar-refractivity contribution in [3.8, 4) is 0 Å². The van der Waals surface area contributed by atoms with Crippen LogP contribution >= 0.6 is 23.1 Å². The first kappa shape index (κ1) is 13.5. The van der Waals surface area contributed by atoms with Gasteiger partial charge in [-0.3, -0.25) is 4.79 Å². The zero-order valence-corrected chi connectivity index (χ0v) is 11.5. The van der Waals surface area contributed by atoms with Gasteiger partial charge in [-0.25, -0.2) is 0 Å². The molecule has 16 heavy (non-hydrogen) atoms. The van der Waals surface area contributed by atoms with E-state index in [0.717, 1.165) is 18.8 Å². The van der Waals surface area contributed by atoms with Crippen molar-refractivity contribution < 1.29 is 4.79 Å². The van der Waals surface area contributed by atoms with Gasteiger partial charge >= 0.3 is 0 Å². The van der Waals surface area contributed by atoms with E-state index >= 15 is 0 Å². The summed E-state index contributed by atoms with van der Waals surface area (Å²) in [5.41, 5.74) is 0.932. The van der Waals surface area contributed by atoms with E-state index in [1.807, 2.05) is 23.2 Å². The van der Waals surface area contributed by atoms with Crippen molar-refractivity contribution in [2.45, 2.75) is 25.6 Å². The minimum Gasteiger partial charge on any atom is -0.325 e. The molecule has 1 amide bonds. The number of nitrogens with one attached hydrogen (secondary N) is 2. The summed E-state index contributed by atoms with van der Waals surface area (Å²) in [6.07, 6.45) is 2.11. The van der Waals surface area contributed by atoms with Crippen molar-refractivity contribution in [1.82, 2.24) is 5.32 Å². The lowest BCUT2D eigenvalue weighted by Gasteiger charge is -2.10. The topological polar surface area (TPSA) is 41.1 Å². The molecule has 0 saturated carbocycles. The fraction of sp³-hybridized carbons (Fsp3) is 0.545. The number of carbonyl (C=O) groups is 1.